The van der Waals surface area contributed by atoms with Crippen LogP contribution in [0.25, 0.3) is 0 Å². The highest BCUT2D eigenvalue weighted by Gasteiger charge is 2.42. The Bertz CT molecular complexity index is 933. The fourth-order valence-electron chi connectivity index (χ4n) is 5.79. The van der Waals surface area contributed by atoms with Crippen molar-refractivity contribution in [3.63, 3.8) is 0 Å². The quantitative estimate of drug-likeness (QED) is 0.742. The van der Waals surface area contributed by atoms with E-state index in [9.17, 15) is 4.79 Å². The van der Waals surface area contributed by atoms with Crippen molar-refractivity contribution in [2.24, 2.45) is 5.92 Å². The van der Waals surface area contributed by atoms with Gasteiger partial charge in [-0.3, -0.25) is 9.48 Å². The molecule has 2 saturated carbocycles. The average Bonchev–Trinajstić information content (AvgIpc) is 3.53. The molecule has 3 aliphatic carbocycles. The molecule has 0 radical (unpaired) electrons. The van der Waals surface area contributed by atoms with Gasteiger partial charge in [0.15, 0.2) is 0 Å². The number of nitrogens with zero attached hydrogens (tertiary/aromatic N) is 3. The molecule has 2 saturated heterocycles. The molecule has 1 aromatic rings. The molecule has 0 spiro atoms. The lowest BCUT2D eigenvalue weighted by Crippen LogP contribution is -2.43. The van der Waals surface area contributed by atoms with Crippen LogP contribution in [0.5, 0.6) is 0 Å². The van der Waals surface area contributed by atoms with E-state index in [4.69, 9.17) is 9.84 Å². The van der Waals surface area contributed by atoms with E-state index in [0.29, 0.717) is 18.1 Å². The first-order chi connectivity index (χ1) is 15.7. The van der Waals surface area contributed by atoms with Crippen LogP contribution in [0.15, 0.2) is 35.5 Å². The molecule has 6 rings (SSSR count). The van der Waals surface area contributed by atoms with Crippen LogP contribution in [0, 0.1) is 5.92 Å². The summed E-state index contributed by atoms with van der Waals surface area (Å²) in [5.41, 5.74) is 3.70. The Hall–Kier alpha value is -2.08. The van der Waals surface area contributed by atoms with E-state index in [2.05, 4.69) is 40.3 Å². The van der Waals surface area contributed by atoms with Gasteiger partial charge in [0.1, 0.15) is 5.76 Å². The zero-order valence-corrected chi connectivity index (χ0v) is 19.3. The smallest absolute Gasteiger partial charge is 0.230 e. The average molecular weight is 437 g/mol. The van der Waals surface area contributed by atoms with Gasteiger partial charge < -0.3 is 15.0 Å². The second-order valence-electron chi connectivity index (χ2n) is 10.5. The molecule has 1 amide bonds. The number of hydrogen-bond donors (Lipinski definition) is 1. The van der Waals surface area contributed by atoms with Gasteiger partial charge in [0.25, 0.3) is 0 Å². The minimum absolute atomic E-state index is 0.219. The molecule has 32 heavy (non-hydrogen) atoms. The third kappa shape index (κ3) is 3.70. The molecule has 2 atom stereocenters. The Labute approximate surface area is 191 Å². The van der Waals surface area contributed by atoms with E-state index in [1.54, 1.807) is 0 Å². The molecule has 5 aliphatic rings. The number of ether oxygens (including phenoxy) is 1. The Morgan fingerprint density at radius 1 is 1.12 bits per heavy atom. The zero-order chi connectivity index (χ0) is 21.7. The minimum atomic E-state index is 0.219. The van der Waals surface area contributed by atoms with Gasteiger partial charge >= 0.3 is 0 Å². The van der Waals surface area contributed by atoms with E-state index in [1.165, 1.54) is 17.6 Å². The number of piperidine rings is 2. The van der Waals surface area contributed by atoms with Gasteiger partial charge in [0.05, 0.1) is 18.3 Å². The largest absolute Gasteiger partial charge is 0.494 e. The first-order valence-corrected chi connectivity index (χ1v) is 12.9. The molecule has 4 fully saturated rings. The number of aromatic nitrogens is 2. The third-order valence-corrected chi connectivity index (χ3v) is 8.20. The number of carbonyl (C=O) groups is 1. The molecule has 1 N–H and O–H groups in total. The van der Waals surface area contributed by atoms with Gasteiger partial charge in [0.2, 0.25) is 5.91 Å². The zero-order valence-electron chi connectivity index (χ0n) is 19.3. The molecule has 1 aromatic heterocycles. The van der Waals surface area contributed by atoms with Gasteiger partial charge in [-0.25, -0.2) is 0 Å². The van der Waals surface area contributed by atoms with Crippen LogP contribution in [0.1, 0.15) is 88.7 Å². The molecule has 1 unspecified atom stereocenters. The number of amides is 1. The molecule has 0 aromatic carbocycles. The molecule has 0 bridgehead atoms. The number of carbonyl (C=O) groups excluding carboxylic acids is 1. The monoisotopic (exact) mass is 436 g/mol. The summed E-state index contributed by atoms with van der Waals surface area (Å²) < 4.78 is 8.90. The van der Waals surface area contributed by atoms with Crippen LogP contribution in [0.4, 0.5) is 0 Å². The van der Waals surface area contributed by atoms with Crippen molar-refractivity contribution in [3.05, 3.63) is 41.1 Å². The maximum Gasteiger partial charge on any atom is 0.230 e. The SMILES string of the molecule is C[C@H]1CCC2=C(OC3CCC3)C(c3cnn(C4CCNCC4)c3)CC=C2N1C(=O)C1CC1. The van der Waals surface area contributed by atoms with Crippen LogP contribution >= 0.6 is 0 Å². The Morgan fingerprint density at radius 3 is 2.66 bits per heavy atom. The second-order valence-corrected chi connectivity index (χ2v) is 10.5. The maximum atomic E-state index is 13.2. The predicted molar refractivity (Wildman–Crippen MR) is 123 cm³/mol. The fourth-order valence-corrected chi connectivity index (χ4v) is 5.79. The summed E-state index contributed by atoms with van der Waals surface area (Å²) in [6.45, 7) is 4.34. The van der Waals surface area contributed by atoms with Crippen LogP contribution in [-0.2, 0) is 9.53 Å². The molecule has 6 heteroatoms. The van der Waals surface area contributed by atoms with E-state index < -0.39 is 0 Å². The lowest BCUT2D eigenvalue weighted by Gasteiger charge is -2.42. The normalized spacial score (nSPS) is 29.4. The van der Waals surface area contributed by atoms with Crippen LogP contribution < -0.4 is 5.32 Å². The first kappa shape index (κ1) is 20.5. The topological polar surface area (TPSA) is 59.4 Å². The number of likely N-dealkylation sites (tertiary alicyclic amines) is 1. The lowest BCUT2D eigenvalue weighted by molar-refractivity contribution is -0.132. The summed E-state index contributed by atoms with van der Waals surface area (Å²) in [4.78, 5) is 15.3. The van der Waals surface area contributed by atoms with E-state index in [-0.39, 0.29) is 17.9 Å². The summed E-state index contributed by atoms with van der Waals surface area (Å²) in [5, 5.41) is 8.23. The van der Waals surface area contributed by atoms with Crippen molar-refractivity contribution < 1.29 is 9.53 Å². The summed E-state index contributed by atoms with van der Waals surface area (Å²) in [7, 11) is 0. The standard InChI is InChI=1S/C26H36N4O2/c1-17-5-8-23-24(30(17)26(31)18-6-7-18)10-9-22(25(23)32-21-3-2-4-21)19-15-28-29(16-19)20-11-13-27-14-12-20/h10,15-18,20-22,27H,2-9,11-14H2,1H3/t17-,22?/m0/s1. The Kier molecular flexibility index (Phi) is 5.36. The number of hydrogen-bond acceptors (Lipinski definition) is 4. The number of fused-ring (bicyclic) bond motifs is 1. The van der Waals surface area contributed by atoms with Crippen molar-refractivity contribution in [1.82, 2.24) is 20.0 Å². The Morgan fingerprint density at radius 2 is 1.94 bits per heavy atom. The van der Waals surface area contributed by atoms with Crippen LogP contribution in [0.3, 0.4) is 0 Å². The van der Waals surface area contributed by atoms with Crippen molar-refractivity contribution in [1.29, 1.82) is 0 Å². The van der Waals surface area contributed by atoms with Gasteiger partial charge in [-0.05, 0) is 84.2 Å². The van der Waals surface area contributed by atoms with Gasteiger partial charge in [0, 0.05) is 40.9 Å². The number of rotatable bonds is 5. The van der Waals surface area contributed by atoms with Crippen molar-refractivity contribution in [3.8, 4) is 0 Å². The highest BCUT2D eigenvalue weighted by atomic mass is 16.5. The summed E-state index contributed by atoms with van der Waals surface area (Å²) >= 11 is 0. The minimum Gasteiger partial charge on any atom is -0.494 e. The molecule has 6 nitrogen and oxygen atoms in total. The molecule has 172 valence electrons. The van der Waals surface area contributed by atoms with Crippen LogP contribution in [-0.4, -0.2) is 45.8 Å². The first-order valence-electron chi connectivity index (χ1n) is 12.9. The van der Waals surface area contributed by atoms with Crippen molar-refractivity contribution in [2.45, 2.75) is 95.2 Å². The van der Waals surface area contributed by atoms with Crippen molar-refractivity contribution >= 4 is 5.91 Å². The van der Waals surface area contributed by atoms with Gasteiger partial charge in [-0.2, -0.15) is 5.10 Å². The highest BCUT2D eigenvalue weighted by Crippen LogP contribution is 2.47. The van der Waals surface area contributed by atoms with Gasteiger partial charge in [-0.1, -0.05) is 6.08 Å². The summed E-state index contributed by atoms with van der Waals surface area (Å²) in [5.74, 6) is 1.93. The van der Waals surface area contributed by atoms with E-state index in [1.807, 2.05) is 0 Å². The predicted octanol–water partition coefficient (Wildman–Crippen LogP) is 4.42. The van der Waals surface area contributed by atoms with E-state index in [0.717, 1.165) is 82.3 Å². The second kappa shape index (κ2) is 8.36. The van der Waals surface area contributed by atoms with Gasteiger partial charge in [-0.15, -0.1) is 0 Å². The molecule has 2 aliphatic heterocycles. The number of nitrogens with one attached hydrogen (secondary N) is 1. The van der Waals surface area contributed by atoms with Crippen molar-refractivity contribution in [2.75, 3.05) is 13.1 Å². The third-order valence-electron chi connectivity index (χ3n) is 8.20. The molecule has 3 heterocycles. The summed E-state index contributed by atoms with van der Waals surface area (Å²) in [6, 6.07) is 0.771. The highest BCUT2D eigenvalue weighted by molar-refractivity contribution is 5.84. The van der Waals surface area contributed by atoms with E-state index >= 15 is 0 Å². The lowest BCUT2D eigenvalue weighted by atomic mass is 9.82. The maximum absolute atomic E-state index is 13.2. The molecular formula is C26H36N4O2. The summed E-state index contributed by atoms with van der Waals surface area (Å²) in [6.07, 6.45) is 17.8. The van der Waals surface area contributed by atoms with Crippen LogP contribution in [0.2, 0.25) is 0 Å². The fraction of sp³-hybridized carbons (Fsp3) is 0.692. The molecular weight excluding hydrogens is 400 g/mol. The number of allylic oxidation sites excluding steroid dienone is 3. The Balaban J connectivity index is 1.32.